The van der Waals surface area contributed by atoms with Crippen molar-refractivity contribution in [3.63, 3.8) is 0 Å². The van der Waals surface area contributed by atoms with Gasteiger partial charge in [-0.15, -0.1) is 11.3 Å². The first-order valence-corrected chi connectivity index (χ1v) is 7.44. The first-order valence-electron chi connectivity index (χ1n) is 6.56. The minimum absolute atomic E-state index is 0.0409. The van der Waals surface area contributed by atoms with Crippen LogP contribution >= 0.6 is 11.3 Å². The number of benzene rings is 1. The smallest absolute Gasteiger partial charge is 0.123 e. The third kappa shape index (κ3) is 3.62. The van der Waals surface area contributed by atoms with Gasteiger partial charge < -0.3 is 0 Å². The SMILES string of the molecule is CC(C)(C)c1csc(CC(NN)c2cccc(F)c2)n1. The Balaban J connectivity index is 2.16. The second-order valence-electron chi connectivity index (χ2n) is 5.85. The van der Waals surface area contributed by atoms with Gasteiger partial charge in [-0.3, -0.25) is 11.3 Å². The molecule has 0 bridgehead atoms. The summed E-state index contributed by atoms with van der Waals surface area (Å²) < 4.78 is 13.3. The molecule has 0 aliphatic carbocycles. The summed E-state index contributed by atoms with van der Waals surface area (Å²) >= 11 is 1.62. The summed E-state index contributed by atoms with van der Waals surface area (Å²) in [5, 5.41) is 3.08. The Kier molecular flexibility index (Phi) is 4.52. The Morgan fingerprint density at radius 3 is 2.70 bits per heavy atom. The number of nitrogens with two attached hydrogens (primary N) is 1. The van der Waals surface area contributed by atoms with Crippen LogP contribution in [0.4, 0.5) is 4.39 Å². The molecule has 0 spiro atoms. The largest absolute Gasteiger partial charge is 0.271 e. The van der Waals surface area contributed by atoms with Crippen molar-refractivity contribution < 1.29 is 4.39 Å². The number of hydrogen-bond acceptors (Lipinski definition) is 4. The van der Waals surface area contributed by atoms with E-state index in [4.69, 9.17) is 5.84 Å². The summed E-state index contributed by atoms with van der Waals surface area (Å²) in [5.41, 5.74) is 4.69. The van der Waals surface area contributed by atoms with Crippen molar-refractivity contribution >= 4 is 11.3 Å². The van der Waals surface area contributed by atoms with Gasteiger partial charge in [0.1, 0.15) is 5.82 Å². The lowest BCUT2D eigenvalue weighted by Gasteiger charge is -2.16. The lowest BCUT2D eigenvalue weighted by molar-refractivity contribution is 0.536. The fourth-order valence-electron chi connectivity index (χ4n) is 1.92. The zero-order chi connectivity index (χ0) is 14.8. The van der Waals surface area contributed by atoms with Crippen LogP contribution in [-0.4, -0.2) is 4.98 Å². The van der Waals surface area contributed by atoms with E-state index in [1.54, 1.807) is 17.4 Å². The van der Waals surface area contributed by atoms with E-state index in [0.29, 0.717) is 6.42 Å². The maximum absolute atomic E-state index is 13.3. The maximum atomic E-state index is 13.3. The molecule has 3 N–H and O–H groups in total. The van der Waals surface area contributed by atoms with Gasteiger partial charge in [0.05, 0.1) is 16.7 Å². The number of nitrogens with zero attached hydrogens (tertiary/aromatic N) is 1. The summed E-state index contributed by atoms with van der Waals surface area (Å²) in [7, 11) is 0. The normalized spacial score (nSPS) is 13.4. The topological polar surface area (TPSA) is 50.9 Å². The molecule has 1 unspecified atom stereocenters. The highest BCUT2D eigenvalue weighted by Gasteiger charge is 2.19. The highest BCUT2D eigenvalue weighted by molar-refractivity contribution is 7.09. The van der Waals surface area contributed by atoms with E-state index in [-0.39, 0.29) is 17.3 Å². The average molecular weight is 293 g/mol. The molecular weight excluding hydrogens is 273 g/mol. The van der Waals surface area contributed by atoms with E-state index in [2.05, 4.69) is 36.6 Å². The van der Waals surface area contributed by atoms with Gasteiger partial charge in [0, 0.05) is 17.2 Å². The first kappa shape index (κ1) is 15.1. The van der Waals surface area contributed by atoms with E-state index >= 15 is 0 Å². The van der Waals surface area contributed by atoms with Gasteiger partial charge in [0.25, 0.3) is 0 Å². The van der Waals surface area contributed by atoms with Crippen LogP contribution in [0.1, 0.15) is 43.1 Å². The Morgan fingerprint density at radius 2 is 2.15 bits per heavy atom. The lowest BCUT2D eigenvalue weighted by Crippen LogP contribution is -2.29. The Labute approximate surface area is 123 Å². The van der Waals surface area contributed by atoms with Crippen molar-refractivity contribution in [3.05, 3.63) is 51.7 Å². The maximum Gasteiger partial charge on any atom is 0.123 e. The summed E-state index contributed by atoms with van der Waals surface area (Å²) in [6.45, 7) is 6.41. The third-order valence-electron chi connectivity index (χ3n) is 3.15. The van der Waals surface area contributed by atoms with Crippen LogP contribution in [0.5, 0.6) is 0 Å². The second-order valence-corrected chi connectivity index (χ2v) is 6.80. The van der Waals surface area contributed by atoms with Crippen molar-refractivity contribution in [1.82, 2.24) is 10.4 Å². The monoisotopic (exact) mass is 293 g/mol. The van der Waals surface area contributed by atoms with Gasteiger partial charge in [0.2, 0.25) is 0 Å². The molecule has 1 atom stereocenters. The molecule has 108 valence electrons. The van der Waals surface area contributed by atoms with Gasteiger partial charge in [-0.25, -0.2) is 9.37 Å². The van der Waals surface area contributed by atoms with Gasteiger partial charge in [0.15, 0.2) is 0 Å². The van der Waals surface area contributed by atoms with Crippen molar-refractivity contribution in [3.8, 4) is 0 Å². The number of thiazole rings is 1. The molecule has 1 heterocycles. The van der Waals surface area contributed by atoms with Crippen LogP contribution in [0, 0.1) is 5.82 Å². The minimum atomic E-state index is -0.253. The molecule has 3 nitrogen and oxygen atoms in total. The van der Waals surface area contributed by atoms with E-state index in [1.807, 2.05) is 6.07 Å². The van der Waals surface area contributed by atoms with Crippen molar-refractivity contribution in [2.45, 2.75) is 38.6 Å². The molecule has 1 aromatic heterocycles. The molecule has 0 aliphatic heterocycles. The molecule has 0 aliphatic rings. The zero-order valence-electron chi connectivity index (χ0n) is 12.0. The molecule has 0 saturated heterocycles. The minimum Gasteiger partial charge on any atom is -0.271 e. The molecule has 0 amide bonds. The summed E-state index contributed by atoms with van der Waals surface area (Å²) in [6.07, 6.45) is 0.653. The summed E-state index contributed by atoms with van der Waals surface area (Å²) in [6, 6.07) is 6.36. The average Bonchev–Trinajstić information content (AvgIpc) is 2.84. The predicted octanol–water partition coefficient (Wildman–Crippen LogP) is 3.33. The molecule has 0 radical (unpaired) electrons. The number of nitrogens with one attached hydrogen (secondary N) is 1. The van der Waals surface area contributed by atoms with Crippen LogP contribution in [0.2, 0.25) is 0 Å². The molecule has 20 heavy (non-hydrogen) atoms. The third-order valence-corrected chi connectivity index (χ3v) is 4.02. The van der Waals surface area contributed by atoms with Gasteiger partial charge in [-0.1, -0.05) is 32.9 Å². The number of rotatable bonds is 4. The van der Waals surface area contributed by atoms with Crippen LogP contribution in [0.15, 0.2) is 29.6 Å². The van der Waals surface area contributed by atoms with E-state index in [9.17, 15) is 4.39 Å². The summed E-state index contributed by atoms with van der Waals surface area (Å²) in [4.78, 5) is 4.65. The van der Waals surface area contributed by atoms with Gasteiger partial charge in [-0.05, 0) is 17.7 Å². The van der Waals surface area contributed by atoms with Crippen LogP contribution in [0.25, 0.3) is 0 Å². The van der Waals surface area contributed by atoms with Crippen LogP contribution in [-0.2, 0) is 11.8 Å². The van der Waals surface area contributed by atoms with Crippen LogP contribution < -0.4 is 11.3 Å². The number of halogens is 1. The van der Waals surface area contributed by atoms with Crippen LogP contribution in [0.3, 0.4) is 0 Å². The Hall–Kier alpha value is -1.30. The highest BCUT2D eigenvalue weighted by atomic mass is 32.1. The van der Waals surface area contributed by atoms with Gasteiger partial charge in [-0.2, -0.15) is 0 Å². The molecule has 0 saturated carbocycles. The Morgan fingerprint density at radius 1 is 1.40 bits per heavy atom. The first-order chi connectivity index (χ1) is 9.40. The second kappa shape index (κ2) is 5.99. The van der Waals surface area contributed by atoms with E-state index < -0.39 is 0 Å². The molecular formula is C15H20FN3S. The molecule has 1 aromatic carbocycles. The van der Waals surface area contributed by atoms with E-state index in [0.717, 1.165) is 16.3 Å². The van der Waals surface area contributed by atoms with E-state index in [1.165, 1.54) is 12.1 Å². The standard InChI is InChI=1S/C15H20FN3S/c1-15(2,3)13-9-20-14(18-13)8-12(19-17)10-5-4-6-11(16)7-10/h4-7,9,12,19H,8,17H2,1-3H3. The molecule has 5 heteroatoms. The van der Waals surface area contributed by atoms with Crippen molar-refractivity contribution in [1.29, 1.82) is 0 Å². The fraction of sp³-hybridized carbons (Fsp3) is 0.400. The van der Waals surface area contributed by atoms with Crippen molar-refractivity contribution in [2.75, 3.05) is 0 Å². The number of hydrogen-bond donors (Lipinski definition) is 2. The summed E-state index contributed by atoms with van der Waals surface area (Å²) in [5.74, 6) is 5.35. The Bertz CT molecular complexity index is 574. The zero-order valence-corrected chi connectivity index (χ0v) is 12.8. The highest BCUT2D eigenvalue weighted by Crippen LogP contribution is 2.26. The van der Waals surface area contributed by atoms with Gasteiger partial charge >= 0.3 is 0 Å². The van der Waals surface area contributed by atoms with Crippen molar-refractivity contribution in [2.24, 2.45) is 5.84 Å². The predicted molar refractivity (Wildman–Crippen MR) is 81.0 cm³/mol. The molecule has 0 fully saturated rings. The number of aromatic nitrogens is 1. The molecule has 2 aromatic rings. The fourth-order valence-corrected chi connectivity index (χ4v) is 2.99. The number of hydrazine groups is 1. The quantitative estimate of drug-likeness (QED) is 0.671. The lowest BCUT2D eigenvalue weighted by atomic mass is 9.93. The molecule has 2 rings (SSSR count).